The van der Waals surface area contributed by atoms with Gasteiger partial charge in [-0.15, -0.1) is 0 Å². The third kappa shape index (κ3) is 1.66. The van der Waals surface area contributed by atoms with Crippen LogP contribution in [0.25, 0.3) is 0 Å². The Morgan fingerprint density at radius 2 is 1.88 bits per heavy atom. The van der Waals surface area contributed by atoms with Crippen LogP contribution in [-0.4, -0.2) is 12.6 Å². The molecule has 0 aromatic rings. The summed E-state index contributed by atoms with van der Waals surface area (Å²) < 4.78 is 5.33. The molecule has 2 nitrogen and oxygen atoms in total. The summed E-state index contributed by atoms with van der Waals surface area (Å²) in [6.07, 6.45) is 8.20. The Bertz CT molecular complexity index is 307. The summed E-state index contributed by atoms with van der Waals surface area (Å²) >= 11 is 0. The smallest absolute Gasteiger partial charge is 0.302 e. The maximum atomic E-state index is 11.0. The molecule has 0 saturated heterocycles. The topological polar surface area (TPSA) is 26.3 Å². The van der Waals surface area contributed by atoms with E-state index in [1.165, 1.54) is 45.4 Å². The highest BCUT2D eigenvalue weighted by atomic mass is 16.5. The highest BCUT2D eigenvalue weighted by Gasteiger charge is 2.56. The molecule has 0 aromatic carbocycles. The van der Waals surface area contributed by atoms with Gasteiger partial charge in [0.2, 0.25) is 0 Å². The quantitative estimate of drug-likeness (QED) is 0.671. The van der Waals surface area contributed by atoms with Gasteiger partial charge < -0.3 is 4.74 Å². The van der Waals surface area contributed by atoms with Crippen LogP contribution in [0.3, 0.4) is 0 Å². The lowest BCUT2D eigenvalue weighted by Gasteiger charge is -2.61. The number of hydrogen-bond donors (Lipinski definition) is 0. The Morgan fingerprint density at radius 3 is 2.38 bits per heavy atom. The largest absolute Gasteiger partial charge is 0.465 e. The lowest BCUT2D eigenvalue weighted by molar-refractivity contribution is -0.160. The fraction of sp³-hybridized carbons (Fsp3) is 0.929. The molecule has 90 valence electrons. The molecule has 0 aromatic heterocycles. The van der Waals surface area contributed by atoms with E-state index in [-0.39, 0.29) is 5.97 Å². The van der Waals surface area contributed by atoms with Crippen molar-refractivity contribution in [1.82, 2.24) is 0 Å². The first-order valence-corrected chi connectivity index (χ1v) is 6.62. The second kappa shape index (κ2) is 3.24. The van der Waals surface area contributed by atoms with E-state index in [2.05, 4.69) is 6.92 Å². The molecule has 16 heavy (non-hydrogen) atoms. The SMILES string of the molecule is CC(=O)OCC12CC3CC(CC(C)(C3)C1)C2. The predicted molar refractivity (Wildman–Crippen MR) is 61.9 cm³/mol. The van der Waals surface area contributed by atoms with Gasteiger partial charge in [0.25, 0.3) is 0 Å². The zero-order valence-corrected chi connectivity index (χ0v) is 10.4. The number of esters is 1. The average molecular weight is 222 g/mol. The van der Waals surface area contributed by atoms with E-state index in [9.17, 15) is 4.79 Å². The van der Waals surface area contributed by atoms with Crippen molar-refractivity contribution in [1.29, 1.82) is 0 Å². The van der Waals surface area contributed by atoms with Crippen molar-refractivity contribution in [2.24, 2.45) is 22.7 Å². The first-order valence-electron chi connectivity index (χ1n) is 6.62. The zero-order valence-electron chi connectivity index (χ0n) is 10.4. The molecule has 2 unspecified atom stereocenters. The van der Waals surface area contributed by atoms with Crippen LogP contribution in [0.5, 0.6) is 0 Å². The molecule has 0 aliphatic heterocycles. The first-order chi connectivity index (χ1) is 7.49. The molecule has 4 rings (SSSR count). The summed E-state index contributed by atoms with van der Waals surface area (Å²) in [6, 6.07) is 0. The second-order valence-corrected chi connectivity index (χ2v) is 7.05. The van der Waals surface area contributed by atoms with Crippen LogP contribution < -0.4 is 0 Å². The van der Waals surface area contributed by atoms with E-state index < -0.39 is 0 Å². The molecule has 0 spiro atoms. The maximum absolute atomic E-state index is 11.0. The van der Waals surface area contributed by atoms with Crippen LogP contribution in [0.15, 0.2) is 0 Å². The van der Waals surface area contributed by atoms with Gasteiger partial charge >= 0.3 is 5.97 Å². The Balaban J connectivity index is 1.78. The molecule has 4 aliphatic carbocycles. The Hall–Kier alpha value is -0.530. The fourth-order valence-corrected chi connectivity index (χ4v) is 5.35. The maximum Gasteiger partial charge on any atom is 0.302 e. The molecule has 2 heteroatoms. The van der Waals surface area contributed by atoms with Gasteiger partial charge in [-0.25, -0.2) is 0 Å². The molecule has 4 aliphatic rings. The Morgan fingerprint density at radius 1 is 1.25 bits per heavy atom. The van der Waals surface area contributed by atoms with Crippen LogP contribution >= 0.6 is 0 Å². The molecule has 2 atom stereocenters. The molecule has 4 fully saturated rings. The van der Waals surface area contributed by atoms with Gasteiger partial charge in [-0.3, -0.25) is 4.79 Å². The third-order valence-electron chi connectivity index (χ3n) is 5.06. The van der Waals surface area contributed by atoms with Gasteiger partial charge in [0.1, 0.15) is 0 Å². The van der Waals surface area contributed by atoms with Crippen molar-refractivity contribution in [3.05, 3.63) is 0 Å². The van der Waals surface area contributed by atoms with Gasteiger partial charge in [0.05, 0.1) is 6.61 Å². The summed E-state index contributed by atoms with van der Waals surface area (Å²) in [5.74, 6) is 1.73. The van der Waals surface area contributed by atoms with Crippen molar-refractivity contribution in [2.75, 3.05) is 6.61 Å². The number of carbonyl (C=O) groups excluding carboxylic acids is 1. The zero-order chi connectivity index (χ0) is 11.4. The predicted octanol–water partition coefficient (Wildman–Crippen LogP) is 3.16. The van der Waals surface area contributed by atoms with Crippen molar-refractivity contribution in [2.45, 2.75) is 52.4 Å². The second-order valence-electron chi connectivity index (χ2n) is 7.05. The van der Waals surface area contributed by atoms with E-state index >= 15 is 0 Å². The highest BCUT2D eigenvalue weighted by Crippen LogP contribution is 2.65. The van der Waals surface area contributed by atoms with Crippen LogP contribution in [0.1, 0.15) is 52.4 Å². The minimum atomic E-state index is -0.110. The minimum absolute atomic E-state index is 0.110. The number of rotatable bonds is 2. The van der Waals surface area contributed by atoms with Crippen molar-refractivity contribution in [3.8, 4) is 0 Å². The normalized spacial score (nSPS) is 49.4. The van der Waals surface area contributed by atoms with E-state index in [0.717, 1.165) is 11.8 Å². The van der Waals surface area contributed by atoms with Crippen LogP contribution in [0.4, 0.5) is 0 Å². The number of hydrogen-bond acceptors (Lipinski definition) is 2. The Labute approximate surface area is 97.7 Å². The fourth-order valence-electron chi connectivity index (χ4n) is 5.35. The van der Waals surface area contributed by atoms with Crippen molar-refractivity contribution < 1.29 is 9.53 Å². The summed E-state index contributed by atoms with van der Waals surface area (Å²) in [5.41, 5.74) is 0.911. The monoisotopic (exact) mass is 222 g/mol. The Kier molecular flexibility index (Phi) is 2.15. The molecule has 0 radical (unpaired) electrons. The van der Waals surface area contributed by atoms with Gasteiger partial charge in [-0.2, -0.15) is 0 Å². The van der Waals surface area contributed by atoms with E-state index in [0.29, 0.717) is 17.4 Å². The summed E-state index contributed by atoms with van der Waals surface area (Å²) in [7, 11) is 0. The summed E-state index contributed by atoms with van der Waals surface area (Å²) in [6.45, 7) is 4.67. The number of ether oxygens (including phenoxy) is 1. The molecular weight excluding hydrogens is 200 g/mol. The molecular formula is C14H22O2. The van der Waals surface area contributed by atoms with Crippen LogP contribution in [0, 0.1) is 22.7 Å². The first kappa shape index (κ1) is 10.6. The van der Waals surface area contributed by atoms with E-state index in [4.69, 9.17) is 4.74 Å². The van der Waals surface area contributed by atoms with Gasteiger partial charge in [0, 0.05) is 12.3 Å². The lowest BCUT2D eigenvalue weighted by atomic mass is 9.45. The van der Waals surface area contributed by atoms with E-state index in [1.807, 2.05) is 0 Å². The van der Waals surface area contributed by atoms with E-state index in [1.54, 1.807) is 0 Å². The summed E-state index contributed by atoms with van der Waals surface area (Å²) in [5, 5.41) is 0. The average Bonchev–Trinajstić information content (AvgIpc) is 2.10. The van der Waals surface area contributed by atoms with Gasteiger partial charge in [-0.1, -0.05) is 6.92 Å². The van der Waals surface area contributed by atoms with Crippen LogP contribution in [-0.2, 0) is 9.53 Å². The third-order valence-corrected chi connectivity index (χ3v) is 5.06. The lowest BCUT2D eigenvalue weighted by Crippen LogP contribution is -2.52. The van der Waals surface area contributed by atoms with Gasteiger partial charge in [-0.05, 0) is 55.8 Å². The molecule has 4 bridgehead atoms. The minimum Gasteiger partial charge on any atom is -0.465 e. The number of carbonyl (C=O) groups is 1. The van der Waals surface area contributed by atoms with Gasteiger partial charge in [0.15, 0.2) is 0 Å². The molecule has 0 N–H and O–H groups in total. The van der Waals surface area contributed by atoms with Crippen molar-refractivity contribution >= 4 is 5.97 Å². The standard InChI is InChI=1S/C14H22O2/c1-10(15)16-9-14-6-11-3-12(7-14)5-13(2,4-11)8-14/h11-12H,3-9H2,1-2H3. The molecule has 4 saturated carbocycles. The molecule has 0 heterocycles. The molecule has 0 amide bonds. The summed E-state index contributed by atoms with van der Waals surface area (Å²) in [4.78, 5) is 11.0. The van der Waals surface area contributed by atoms with Crippen molar-refractivity contribution in [3.63, 3.8) is 0 Å². The van der Waals surface area contributed by atoms with Crippen LogP contribution in [0.2, 0.25) is 0 Å². The highest BCUT2D eigenvalue weighted by molar-refractivity contribution is 5.65.